The average molecular weight is 258 g/mol. The molecular weight excluding hydrogens is 247 g/mol. The van der Waals surface area contributed by atoms with Crippen molar-refractivity contribution in [1.82, 2.24) is 0 Å². The fraction of sp³-hybridized carbons (Fsp3) is 0.200. The van der Waals surface area contributed by atoms with E-state index in [-0.39, 0.29) is 10.2 Å². The molecule has 0 aliphatic carbocycles. The average Bonchev–Trinajstić information content (AvgIpc) is 2.17. The highest BCUT2D eigenvalue weighted by Gasteiger charge is 2.17. The number of rotatable bonds is 3. The van der Waals surface area contributed by atoms with Gasteiger partial charge in [-0.15, -0.1) is 0 Å². The lowest BCUT2D eigenvalue weighted by Gasteiger charge is -2.12. The van der Waals surface area contributed by atoms with Crippen LogP contribution in [-0.4, -0.2) is 10.2 Å². The Kier molecular flexibility index (Phi) is 5.37. The van der Waals surface area contributed by atoms with E-state index in [0.717, 1.165) is 5.30 Å². The third-order valence-electron chi connectivity index (χ3n) is 1.39. The van der Waals surface area contributed by atoms with Gasteiger partial charge < -0.3 is 0 Å². The quantitative estimate of drug-likeness (QED) is 0.780. The Morgan fingerprint density at radius 1 is 1.00 bits per heavy atom. The summed E-state index contributed by atoms with van der Waals surface area (Å²) >= 11 is 2.50. The smallest absolute Gasteiger partial charge is 0.191 e. The zero-order chi connectivity index (χ0) is 11.3. The molecule has 0 atom stereocenters. The second kappa shape index (κ2) is 6.31. The van der Waals surface area contributed by atoms with Gasteiger partial charge in [-0.3, -0.25) is 9.59 Å². The minimum atomic E-state index is -0.800. The summed E-state index contributed by atoms with van der Waals surface area (Å²) in [5.74, 6) is 0. The zero-order valence-electron chi connectivity index (χ0n) is 8.47. The Morgan fingerprint density at radius 3 is 1.87 bits per heavy atom. The summed E-state index contributed by atoms with van der Waals surface area (Å²) in [6, 6.07) is 9.68. The van der Waals surface area contributed by atoms with Gasteiger partial charge in [0.2, 0.25) is 0 Å². The maximum absolute atomic E-state index is 11.1. The van der Waals surface area contributed by atoms with Gasteiger partial charge in [-0.1, -0.05) is 30.3 Å². The van der Waals surface area contributed by atoms with E-state index in [0.29, 0.717) is 0 Å². The van der Waals surface area contributed by atoms with E-state index in [2.05, 4.69) is 0 Å². The van der Waals surface area contributed by atoms with Crippen molar-refractivity contribution in [1.29, 1.82) is 0 Å². The molecule has 0 heterocycles. The van der Waals surface area contributed by atoms with Crippen molar-refractivity contribution in [2.45, 2.75) is 13.8 Å². The molecule has 0 amide bonds. The van der Waals surface area contributed by atoms with Gasteiger partial charge in [0.25, 0.3) is 0 Å². The SMILES string of the molecule is CC(=O)SP(SC(C)=O)c1ccccc1. The Bertz CT molecular complexity index is 338. The third kappa shape index (κ3) is 4.83. The molecule has 0 N–H and O–H groups in total. The molecule has 1 aromatic carbocycles. The molecule has 1 aromatic rings. The Morgan fingerprint density at radius 2 is 1.47 bits per heavy atom. The molecule has 0 aromatic heterocycles. The fourth-order valence-electron chi connectivity index (χ4n) is 0.907. The lowest BCUT2D eigenvalue weighted by Crippen LogP contribution is -1.97. The van der Waals surface area contributed by atoms with E-state index in [9.17, 15) is 9.59 Å². The maximum Gasteiger partial charge on any atom is 0.191 e. The van der Waals surface area contributed by atoms with Gasteiger partial charge >= 0.3 is 0 Å². The predicted octanol–water partition coefficient (Wildman–Crippen LogP) is 3.18. The molecule has 0 spiro atoms. The lowest BCUT2D eigenvalue weighted by atomic mass is 10.4. The van der Waals surface area contributed by atoms with Crippen molar-refractivity contribution in [3.8, 4) is 0 Å². The van der Waals surface area contributed by atoms with Gasteiger partial charge in [-0.2, -0.15) is 0 Å². The van der Waals surface area contributed by atoms with Crippen molar-refractivity contribution in [2.75, 3.05) is 0 Å². The highest BCUT2D eigenvalue weighted by Crippen LogP contribution is 2.60. The zero-order valence-corrected chi connectivity index (χ0v) is 11.0. The Labute approximate surface area is 98.5 Å². The molecule has 1 rings (SSSR count). The van der Waals surface area contributed by atoms with Crippen molar-refractivity contribution in [3.05, 3.63) is 30.3 Å². The van der Waals surface area contributed by atoms with Gasteiger partial charge in [0.15, 0.2) is 10.2 Å². The highest BCUT2D eigenvalue weighted by atomic mass is 33.1. The molecule has 0 bridgehead atoms. The van der Waals surface area contributed by atoms with E-state index < -0.39 is 6.33 Å². The fourth-order valence-corrected chi connectivity index (χ4v) is 7.14. The van der Waals surface area contributed by atoms with E-state index >= 15 is 0 Å². The first-order valence-corrected chi connectivity index (χ1v) is 8.50. The van der Waals surface area contributed by atoms with Gasteiger partial charge in [0.1, 0.15) is 0 Å². The molecule has 0 aliphatic rings. The molecule has 0 radical (unpaired) electrons. The van der Waals surface area contributed by atoms with Crippen LogP contribution in [0.2, 0.25) is 0 Å². The molecule has 0 unspecified atom stereocenters. The van der Waals surface area contributed by atoms with Crippen molar-refractivity contribution >= 4 is 44.6 Å². The van der Waals surface area contributed by atoms with Crippen LogP contribution < -0.4 is 5.30 Å². The van der Waals surface area contributed by atoms with Gasteiger partial charge in [0.05, 0.1) is 6.33 Å². The number of hydrogen-bond donors (Lipinski definition) is 0. The van der Waals surface area contributed by atoms with E-state index in [4.69, 9.17) is 0 Å². The summed E-state index contributed by atoms with van der Waals surface area (Å²) < 4.78 is 0. The molecule has 0 saturated heterocycles. The molecule has 2 nitrogen and oxygen atoms in total. The first kappa shape index (κ1) is 12.8. The molecule has 0 aliphatic heterocycles. The lowest BCUT2D eigenvalue weighted by molar-refractivity contribution is -0.109. The Hall–Kier alpha value is -0.310. The maximum atomic E-state index is 11.1. The molecule has 80 valence electrons. The van der Waals surface area contributed by atoms with Crippen molar-refractivity contribution in [2.24, 2.45) is 0 Å². The largest absolute Gasteiger partial charge is 0.287 e. The van der Waals surface area contributed by atoms with Crippen LogP contribution in [0.1, 0.15) is 13.8 Å². The van der Waals surface area contributed by atoms with Gasteiger partial charge in [0, 0.05) is 13.8 Å². The predicted molar refractivity (Wildman–Crippen MR) is 69.5 cm³/mol. The topological polar surface area (TPSA) is 34.1 Å². The summed E-state index contributed by atoms with van der Waals surface area (Å²) in [6.45, 7) is 3.06. The third-order valence-corrected chi connectivity index (χ3v) is 8.10. The van der Waals surface area contributed by atoms with Crippen LogP contribution in [0.5, 0.6) is 0 Å². The summed E-state index contributed by atoms with van der Waals surface area (Å²) in [5.41, 5.74) is 0. The summed E-state index contributed by atoms with van der Waals surface area (Å²) in [7, 11) is 0. The number of hydrogen-bond acceptors (Lipinski definition) is 4. The van der Waals surface area contributed by atoms with Crippen LogP contribution in [-0.2, 0) is 9.59 Å². The standard InChI is InChI=1S/C10H11O2PS2/c1-8(11)14-13(15-9(2)12)10-6-4-3-5-7-10/h3-7H,1-2H3. The van der Waals surface area contributed by atoms with E-state index in [1.165, 1.54) is 36.6 Å². The minimum Gasteiger partial charge on any atom is -0.287 e. The molecule has 15 heavy (non-hydrogen) atoms. The second-order valence-electron chi connectivity index (χ2n) is 2.76. The highest BCUT2D eigenvalue weighted by molar-refractivity contribution is 8.96. The monoisotopic (exact) mass is 258 g/mol. The number of carbonyl (C=O) groups excluding carboxylic acids is 2. The summed E-state index contributed by atoms with van der Waals surface area (Å²) in [4.78, 5) is 22.1. The number of carbonyl (C=O) groups is 2. The molecule has 0 fully saturated rings. The summed E-state index contributed by atoms with van der Waals surface area (Å²) in [5, 5.41) is 1.17. The van der Waals surface area contributed by atoms with E-state index in [1.807, 2.05) is 30.3 Å². The number of benzene rings is 1. The normalized spacial score (nSPS) is 10.3. The van der Waals surface area contributed by atoms with Crippen LogP contribution in [0, 0.1) is 0 Å². The Balaban J connectivity index is 2.81. The van der Waals surface area contributed by atoms with Gasteiger partial charge in [-0.25, -0.2) is 0 Å². The van der Waals surface area contributed by atoms with Crippen LogP contribution in [0.3, 0.4) is 0 Å². The van der Waals surface area contributed by atoms with Gasteiger partial charge in [-0.05, 0) is 28.1 Å². The van der Waals surface area contributed by atoms with Crippen LogP contribution in [0.25, 0.3) is 0 Å². The first-order chi connectivity index (χ1) is 7.09. The summed E-state index contributed by atoms with van der Waals surface area (Å²) in [6.07, 6.45) is -0.800. The van der Waals surface area contributed by atoms with Crippen molar-refractivity contribution in [3.63, 3.8) is 0 Å². The first-order valence-electron chi connectivity index (χ1n) is 4.32. The van der Waals surface area contributed by atoms with E-state index in [1.54, 1.807) is 0 Å². The van der Waals surface area contributed by atoms with Crippen LogP contribution in [0.15, 0.2) is 30.3 Å². The second-order valence-corrected chi connectivity index (χ2v) is 9.28. The molecule has 0 saturated carbocycles. The minimum absolute atomic E-state index is 0.0544. The molecular formula is C10H11O2PS2. The van der Waals surface area contributed by atoms with Crippen LogP contribution >= 0.6 is 29.1 Å². The van der Waals surface area contributed by atoms with Crippen molar-refractivity contribution < 1.29 is 9.59 Å². The molecule has 5 heteroatoms. The van der Waals surface area contributed by atoms with Crippen LogP contribution in [0.4, 0.5) is 0 Å².